The van der Waals surface area contributed by atoms with Crippen LogP contribution in [0.15, 0.2) is 24.3 Å². The molecule has 0 bridgehead atoms. The second-order valence-corrected chi connectivity index (χ2v) is 7.23. The quantitative estimate of drug-likeness (QED) is 0.880. The van der Waals surface area contributed by atoms with Gasteiger partial charge in [0.05, 0.1) is 10.9 Å². The first kappa shape index (κ1) is 13.2. The Labute approximate surface area is 97.0 Å². The molecule has 0 aliphatic heterocycles. The molecular weight excluding hydrogens is 224 g/mol. The first-order valence-electron chi connectivity index (χ1n) is 5.11. The lowest BCUT2D eigenvalue weighted by atomic mass is 9.95. The molecule has 0 radical (unpaired) electrons. The molecule has 3 nitrogen and oxygen atoms in total. The van der Waals surface area contributed by atoms with Gasteiger partial charge < -0.3 is 5.11 Å². The standard InChI is InChI=1S/C12H18O3S/c1-9-7-5-6-8-10(9)11(13)12(2,3)16(4,14)15/h5-8,11,13H,1-4H3. The molecule has 1 rings (SSSR count). The number of hydrogen-bond donors (Lipinski definition) is 1. The van der Waals surface area contributed by atoms with Crippen LogP contribution in [0.25, 0.3) is 0 Å². The molecule has 0 aliphatic carbocycles. The van der Waals surface area contributed by atoms with Crippen LogP contribution >= 0.6 is 0 Å². The van der Waals surface area contributed by atoms with Crippen LogP contribution < -0.4 is 0 Å². The molecule has 4 heteroatoms. The number of aliphatic hydroxyl groups excluding tert-OH is 1. The van der Waals surface area contributed by atoms with E-state index in [-0.39, 0.29) is 0 Å². The van der Waals surface area contributed by atoms with Crippen LogP contribution in [0.5, 0.6) is 0 Å². The van der Waals surface area contributed by atoms with E-state index in [4.69, 9.17) is 0 Å². The molecule has 16 heavy (non-hydrogen) atoms. The highest BCUT2D eigenvalue weighted by Gasteiger charge is 2.39. The fourth-order valence-corrected chi connectivity index (χ4v) is 2.00. The summed E-state index contributed by atoms with van der Waals surface area (Å²) in [5.74, 6) is 0. The van der Waals surface area contributed by atoms with Gasteiger partial charge in [0.2, 0.25) is 0 Å². The van der Waals surface area contributed by atoms with Crippen LogP contribution in [0, 0.1) is 6.92 Å². The van der Waals surface area contributed by atoms with E-state index < -0.39 is 20.7 Å². The third-order valence-electron chi connectivity index (χ3n) is 3.10. The number of benzene rings is 1. The first-order chi connectivity index (χ1) is 7.18. The molecule has 1 aromatic carbocycles. The zero-order chi connectivity index (χ0) is 12.6. The lowest BCUT2D eigenvalue weighted by Crippen LogP contribution is -2.38. The Morgan fingerprint density at radius 3 is 2.19 bits per heavy atom. The van der Waals surface area contributed by atoms with Crippen LogP contribution in [-0.4, -0.2) is 24.5 Å². The van der Waals surface area contributed by atoms with Crippen molar-refractivity contribution >= 4 is 9.84 Å². The van der Waals surface area contributed by atoms with Gasteiger partial charge in [-0.25, -0.2) is 8.42 Å². The molecule has 0 aromatic heterocycles. The zero-order valence-electron chi connectivity index (χ0n) is 10.1. The van der Waals surface area contributed by atoms with Crippen molar-refractivity contribution in [3.8, 4) is 0 Å². The van der Waals surface area contributed by atoms with Crippen LogP contribution in [0.2, 0.25) is 0 Å². The predicted molar refractivity (Wildman–Crippen MR) is 65.1 cm³/mol. The Bertz CT molecular complexity index is 475. The van der Waals surface area contributed by atoms with Gasteiger partial charge in [-0.2, -0.15) is 0 Å². The van der Waals surface area contributed by atoms with Crippen LogP contribution in [-0.2, 0) is 9.84 Å². The zero-order valence-corrected chi connectivity index (χ0v) is 10.9. The Balaban J connectivity index is 3.23. The predicted octanol–water partition coefficient (Wildman–Crippen LogP) is 1.85. The van der Waals surface area contributed by atoms with Crippen LogP contribution in [0.3, 0.4) is 0 Å². The lowest BCUT2D eigenvalue weighted by molar-refractivity contribution is 0.139. The van der Waals surface area contributed by atoms with Crippen molar-refractivity contribution in [2.45, 2.75) is 31.6 Å². The minimum Gasteiger partial charge on any atom is -0.387 e. The van der Waals surface area contributed by atoms with E-state index in [1.165, 1.54) is 0 Å². The van der Waals surface area contributed by atoms with Crippen LogP contribution in [0.1, 0.15) is 31.1 Å². The highest BCUT2D eigenvalue weighted by molar-refractivity contribution is 7.92. The van der Waals surface area contributed by atoms with E-state index in [0.29, 0.717) is 5.56 Å². The van der Waals surface area contributed by atoms with E-state index >= 15 is 0 Å². The molecular formula is C12H18O3S. The van der Waals surface area contributed by atoms with Crippen molar-refractivity contribution in [2.75, 3.05) is 6.26 Å². The Kier molecular flexibility index (Phi) is 3.45. The summed E-state index contributed by atoms with van der Waals surface area (Å²) in [6.45, 7) is 4.94. The summed E-state index contributed by atoms with van der Waals surface area (Å²) >= 11 is 0. The summed E-state index contributed by atoms with van der Waals surface area (Å²) in [5.41, 5.74) is 1.56. The SMILES string of the molecule is Cc1ccccc1C(O)C(C)(C)S(C)(=O)=O. The van der Waals surface area contributed by atoms with Gasteiger partial charge in [0.1, 0.15) is 0 Å². The number of sulfone groups is 1. The number of rotatable bonds is 3. The molecule has 0 fully saturated rings. The summed E-state index contributed by atoms with van der Waals surface area (Å²) in [5, 5.41) is 10.2. The van der Waals surface area contributed by atoms with Crippen molar-refractivity contribution in [1.29, 1.82) is 0 Å². The molecule has 0 spiro atoms. The minimum atomic E-state index is -3.32. The average Bonchev–Trinajstić information content (AvgIpc) is 2.15. The van der Waals surface area contributed by atoms with Crippen molar-refractivity contribution in [1.82, 2.24) is 0 Å². The third-order valence-corrected chi connectivity index (χ3v) is 5.23. The molecule has 1 aromatic rings. The second kappa shape index (κ2) is 4.18. The van der Waals surface area contributed by atoms with Crippen molar-refractivity contribution < 1.29 is 13.5 Å². The fourth-order valence-electron chi connectivity index (χ4n) is 1.47. The van der Waals surface area contributed by atoms with Gasteiger partial charge in [-0.3, -0.25) is 0 Å². The maximum atomic E-state index is 11.6. The maximum absolute atomic E-state index is 11.6. The van der Waals surface area contributed by atoms with E-state index in [1.807, 2.05) is 19.1 Å². The number of hydrogen-bond acceptors (Lipinski definition) is 3. The monoisotopic (exact) mass is 242 g/mol. The van der Waals surface area contributed by atoms with Crippen molar-refractivity contribution in [3.63, 3.8) is 0 Å². The molecule has 1 atom stereocenters. The molecule has 0 saturated heterocycles. The number of aliphatic hydroxyl groups is 1. The Morgan fingerprint density at radius 2 is 1.75 bits per heavy atom. The van der Waals surface area contributed by atoms with Gasteiger partial charge in [-0.1, -0.05) is 24.3 Å². The highest BCUT2D eigenvalue weighted by atomic mass is 32.2. The van der Waals surface area contributed by atoms with Crippen molar-refractivity contribution in [3.05, 3.63) is 35.4 Å². The largest absolute Gasteiger partial charge is 0.387 e. The van der Waals surface area contributed by atoms with Gasteiger partial charge in [0, 0.05) is 6.26 Å². The van der Waals surface area contributed by atoms with E-state index in [0.717, 1.165) is 11.8 Å². The summed E-state index contributed by atoms with van der Waals surface area (Å²) in [6.07, 6.45) is 0.137. The van der Waals surface area contributed by atoms with Gasteiger partial charge in [-0.05, 0) is 31.9 Å². The summed E-state index contributed by atoms with van der Waals surface area (Å²) in [4.78, 5) is 0. The van der Waals surface area contributed by atoms with E-state index in [1.54, 1.807) is 26.0 Å². The average molecular weight is 242 g/mol. The van der Waals surface area contributed by atoms with Crippen molar-refractivity contribution in [2.24, 2.45) is 0 Å². The summed E-state index contributed by atoms with van der Waals surface area (Å²) in [7, 11) is -3.32. The maximum Gasteiger partial charge on any atom is 0.155 e. The van der Waals surface area contributed by atoms with Gasteiger partial charge in [0.15, 0.2) is 9.84 Å². The fraction of sp³-hybridized carbons (Fsp3) is 0.500. The van der Waals surface area contributed by atoms with Gasteiger partial charge in [-0.15, -0.1) is 0 Å². The highest BCUT2D eigenvalue weighted by Crippen LogP contribution is 2.33. The number of aryl methyl sites for hydroxylation is 1. The normalized spacial score (nSPS) is 14.8. The molecule has 1 unspecified atom stereocenters. The van der Waals surface area contributed by atoms with Crippen LogP contribution in [0.4, 0.5) is 0 Å². The topological polar surface area (TPSA) is 54.4 Å². The smallest absolute Gasteiger partial charge is 0.155 e. The van der Waals surface area contributed by atoms with E-state index in [2.05, 4.69) is 0 Å². The summed E-state index contributed by atoms with van der Waals surface area (Å²) in [6, 6.07) is 7.27. The molecule has 90 valence electrons. The Hall–Kier alpha value is -0.870. The first-order valence-corrected chi connectivity index (χ1v) is 7.00. The summed E-state index contributed by atoms with van der Waals surface area (Å²) < 4.78 is 22.1. The molecule has 0 aliphatic rings. The lowest BCUT2D eigenvalue weighted by Gasteiger charge is -2.29. The Morgan fingerprint density at radius 1 is 1.25 bits per heavy atom. The van der Waals surface area contributed by atoms with E-state index in [9.17, 15) is 13.5 Å². The molecule has 0 amide bonds. The third kappa shape index (κ3) is 2.28. The van der Waals surface area contributed by atoms with Gasteiger partial charge >= 0.3 is 0 Å². The molecule has 0 saturated carbocycles. The second-order valence-electron chi connectivity index (χ2n) is 4.63. The van der Waals surface area contributed by atoms with Gasteiger partial charge in [0.25, 0.3) is 0 Å². The molecule has 1 N–H and O–H groups in total. The minimum absolute atomic E-state index is 0.665. The molecule has 0 heterocycles.